The molecular weight excluding hydrogens is 1290 g/mol. The highest BCUT2D eigenvalue weighted by atomic mass is 15.0. The minimum absolute atomic E-state index is 0.560. The van der Waals surface area contributed by atoms with Gasteiger partial charge in [0.05, 0.1) is 44.1 Å². The average molecular weight is 1350 g/mol. The van der Waals surface area contributed by atoms with Crippen molar-refractivity contribution in [3.63, 3.8) is 0 Å². The molecule has 5 aromatic heterocycles. The zero-order valence-corrected chi connectivity index (χ0v) is 57.5. The van der Waals surface area contributed by atoms with E-state index in [1.165, 1.54) is 65.2 Å². The van der Waals surface area contributed by atoms with Gasteiger partial charge in [0.25, 0.3) is 0 Å². The molecule has 21 rings (SSSR count). The van der Waals surface area contributed by atoms with E-state index in [-0.39, 0.29) is 0 Å². The van der Waals surface area contributed by atoms with Gasteiger partial charge in [0.15, 0.2) is 17.5 Å². The van der Waals surface area contributed by atoms with Crippen molar-refractivity contribution in [3.05, 3.63) is 382 Å². The summed E-state index contributed by atoms with van der Waals surface area (Å²) in [5.74, 6) is 1.69. The predicted octanol–water partition coefficient (Wildman–Crippen LogP) is 25.6. The second kappa shape index (κ2) is 24.8. The number of fused-ring (bicyclic) bond motifs is 12. The molecule has 0 aliphatic rings. The highest BCUT2D eigenvalue weighted by molar-refractivity contribution is 6.15. The van der Waals surface area contributed by atoms with Gasteiger partial charge in [-0.1, -0.05) is 249 Å². The Kier molecular flexibility index (Phi) is 14.1. The summed E-state index contributed by atoms with van der Waals surface area (Å²) < 4.78 is 9.56. The third-order valence-electron chi connectivity index (χ3n) is 21.4. The molecule has 494 valence electrons. The highest BCUT2D eigenvalue weighted by Crippen LogP contribution is 2.43. The molecule has 0 N–H and O–H groups in total. The molecule has 0 amide bonds. The monoisotopic (exact) mass is 1350 g/mol. The Balaban J connectivity index is 0.717. The number of hydrogen-bond donors (Lipinski definition) is 0. The summed E-state index contributed by atoms with van der Waals surface area (Å²) in [6, 6.07) is 138. The average Bonchev–Trinajstić information content (AvgIpc) is 1.59. The van der Waals surface area contributed by atoms with Crippen LogP contribution < -0.4 is 0 Å². The van der Waals surface area contributed by atoms with Crippen LogP contribution in [0.3, 0.4) is 0 Å². The van der Waals surface area contributed by atoms with E-state index in [2.05, 4.69) is 400 Å². The Morgan fingerprint density at radius 1 is 0.132 bits per heavy atom. The number of hydrogen-bond acceptors (Lipinski definition) is 3. The van der Waals surface area contributed by atoms with Crippen LogP contribution in [-0.2, 0) is 0 Å². The molecule has 0 bridgehead atoms. The third-order valence-corrected chi connectivity index (χ3v) is 21.4. The molecule has 7 heteroatoms. The first kappa shape index (κ1) is 60.5. The molecule has 0 saturated carbocycles. The van der Waals surface area contributed by atoms with E-state index in [4.69, 9.17) is 15.0 Å². The molecule has 106 heavy (non-hydrogen) atoms. The van der Waals surface area contributed by atoms with Crippen molar-refractivity contribution in [1.29, 1.82) is 0 Å². The first-order valence-corrected chi connectivity index (χ1v) is 36.1. The summed E-state index contributed by atoms with van der Waals surface area (Å²) in [5.41, 5.74) is 27.3. The Morgan fingerprint density at radius 3 is 0.802 bits per heavy atom. The molecule has 0 radical (unpaired) electrons. The van der Waals surface area contributed by atoms with Crippen LogP contribution in [0.15, 0.2) is 382 Å². The number of para-hydroxylation sites is 6. The summed E-state index contributed by atoms with van der Waals surface area (Å²) in [5, 5.41) is 9.56. The largest absolute Gasteiger partial charge is 0.309 e. The van der Waals surface area contributed by atoms with Crippen LogP contribution in [0.1, 0.15) is 0 Å². The fraction of sp³-hybridized carbons (Fsp3) is 0. The van der Waals surface area contributed by atoms with Crippen molar-refractivity contribution in [3.8, 4) is 113 Å². The van der Waals surface area contributed by atoms with Crippen molar-refractivity contribution >= 4 is 87.2 Å². The smallest absolute Gasteiger partial charge is 0.164 e. The van der Waals surface area contributed by atoms with Crippen LogP contribution in [0.2, 0.25) is 0 Å². The van der Waals surface area contributed by atoms with Gasteiger partial charge in [-0.15, -0.1) is 0 Å². The van der Waals surface area contributed by atoms with Crippen molar-refractivity contribution in [2.24, 2.45) is 0 Å². The van der Waals surface area contributed by atoms with E-state index in [0.717, 1.165) is 117 Å². The highest BCUT2D eigenvalue weighted by Gasteiger charge is 2.22. The van der Waals surface area contributed by atoms with Crippen LogP contribution in [0.25, 0.3) is 200 Å². The number of rotatable bonds is 12. The van der Waals surface area contributed by atoms with E-state index in [1.807, 2.05) is 0 Å². The Morgan fingerprint density at radius 2 is 0.387 bits per heavy atom. The molecule has 0 atom stereocenters. The third kappa shape index (κ3) is 10.2. The summed E-state index contributed by atoms with van der Waals surface area (Å²) in [6.07, 6.45) is 0. The first-order chi connectivity index (χ1) is 52.5. The van der Waals surface area contributed by atoms with Crippen LogP contribution >= 0.6 is 0 Å². The molecule has 21 aromatic rings. The number of benzene rings is 16. The first-order valence-electron chi connectivity index (χ1n) is 36.1. The summed E-state index contributed by atoms with van der Waals surface area (Å²) >= 11 is 0. The lowest BCUT2D eigenvalue weighted by Gasteiger charge is -2.14. The normalized spacial score (nSPS) is 11.8. The second-order valence-corrected chi connectivity index (χ2v) is 27.5. The van der Waals surface area contributed by atoms with Gasteiger partial charge < -0.3 is 18.3 Å². The molecule has 16 aromatic carbocycles. The fourth-order valence-electron chi connectivity index (χ4n) is 16.4. The predicted molar refractivity (Wildman–Crippen MR) is 441 cm³/mol. The Bertz CT molecular complexity index is 6670. The van der Waals surface area contributed by atoms with Crippen LogP contribution in [0, 0.1) is 0 Å². The second-order valence-electron chi connectivity index (χ2n) is 27.5. The Hall–Kier alpha value is -14.3. The number of nitrogens with zero attached hydrogens (tertiary/aromatic N) is 7. The van der Waals surface area contributed by atoms with E-state index in [9.17, 15) is 0 Å². The van der Waals surface area contributed by atoms with Gasteiger partial charge in [-0.05, 0) is 189 Å². The maximum atomic E-state index is 5.56. The van der Waals surface area contributed by atoms with Crippen molar-refractivity contribution in [1.82, 2.24) is 33.2 Å². The molecule has 0 unspecified atom stereocenters. The summed E-state index contributed by atoms with van der Waals surface area (Å²) in [6.45, 7) is 0. The number of aromatic nitrogens is 7. The lowest BCUT2D eigenvalue weighted by Crippen LogP contribution is -2.02. The van der Waals surface area contributed by atoms with Crippen molar-refractivity contribution in [2.75, 3.05) is 0 Å². The van der Waals surface area contributed by atoms with Gasteiger partial charge in [0.2, 0.25) is 0 Å². The minimum Gasteiger partial charge on any atom is -0.309 e. The SMILES string of the molecule is c1ccc(-c2cc(-c3ccccc3)cc(-c3cccc(-c4nc(-c5cccc(-n6c7ccccc7c7ccc(-c8ccc9c(c8)c8ccccc8n9-c8ccccc8)cc76)c5)nc(-c5cccc(-n6c7ccccc7c7ccc(-c8ccc9c(c8)c8ccccc8n9-c8ccccc8)cc76)c5)n4)c3)c2)cc1. The zero-order valence-electron chi connectivity index (χ0n) is 57.5. The standard InChI is InChI=1S/C99H63N7/c1-5-24-64(25-6-1)74-55-75(65-26-7-2-8-27-65)57-76(56-74)66-28-21-29-71(54-66)97-100-98(72-30-22-36-79(58-72)105-89-42-17-13-38-81(89)85-50-46-69(62-95(85)105)67-48-52-93-87(60-67)83-40-15-19-44-91(83)103(93)77-32-9-3-10-33-77)102-99(101-97)73-31-23-37-80(59-73)106-90-43-18-14-39-82(90)86-51-47-70(63-96(86)106)68-49-53-94-88(61-68)84-41-16-20-45-92(84)104(94)78-34-11-4-12-35-78/h1-63H. The van der Waals surface area contributed by atoms with Gasteiger partial charge in [-0.3, -0.25) is 0 Å². The maximum absolute atomic E-state index is 5.56. The molecule has 0 aliphatic carbocycles. The van der Waals surface area contributed by atoms with Crippen LogP contribution in [-0.4, -0.2) is 33.2 Å². The van der Waals surface area contributed by atoms with Crippen LogP contribution in [0.5, 0.6) is 0 Å². The van der Waals surface area contributed by atoms with E-state index < -0.39 is 0 Å². The molecule has 0 fully saturated rings. The van der Waals surface area contributed by atoms with E-state index in [0.29, 0.717) is 17.5 Å². The van der Waals surface area contributed by atoms with Crippen molar-refractivity contribution < 1.29 is 0 Å². The van der Waals surface area contributed by atoms with Gasteiger partial charge in [0, 0.05) is 82.5 Å². The molecule has 0 aliphatic heterocycles. The van der Waals surface area contributed by atoms with E-state index in [1.54, 1.807) is 0 Å². The van der Waals surface area contributed by atoms with Gasteiger partial charge in [-0.2, -0.15) is 0 Å². The molecule has 0 saturated heterocycles. The lowest BCUT2D eigenvalue weighted by atomic mass is 9.93. The Labute approximate surface area is 611 Å². The topological polar surface area (TPSA) is 58.4 Å². The zero-order chi connectivity index (χ0) is 69.8. The van der Waals surface area contributed by atoms with Crippen LogP contribution in [0.4, 0.5) is 0 Å². The molecule has 0 spiro atoms. The summed E-state index contributed by atoms with van der Waals surface area (Å²) in [4.78, 5) is 16.6. The quantitative estimate of drug-likeness (QED) is 0.122. The van der Waals surface area contributed by atoms with Gasteiger partial charge in [0.1, 0.15) is 0 Å². The molecule has 5 heterocycles. The maximum Gasteiger partial charge on any atom is 0.164 e. The minimum atomic E-state index is 0.560. The summed E-state index contributed by atoms with van der Waals surface area (Å²) in [7, 11) is 0. The lowest BCUT2D eigenvalue weighted by molar-refractivity contribution is 1.07. The molecular formula is C99H63N7. The van der Waals surface area contributed by atoms with Crippen molar-refractivity contribution in [2.45, 2.75) is 0 Å². The van der Waals surface area contributed by atoms with Gasteiger partial charge in [-0.25, -0.2) is 15.0 Å². The van der Waals surface area contributed by atoms with Gasteiger partial charge >= 0.3 is 0 Å². The van der Waals surface area contributed by atoms with E-state index >= 15 is 0 Å². The fourth-order valence-corrected chi connectivity index (χ4v) is 16.4. The molecule has 7 nitrogen and oxygen atoms in total.